The predicted octanol–water partition coefficient (Wildman–Crippen LogP) is 2.17. The van der Waals surface area contributed by atoms with Crippen LogP contribution in [0.3, 0.4) is 0 Å². The zero-order valence-electron chi connectivity index (χ0n) is 11.4. The second-order valence-corrected chi connectivity index (χ2v) is 5.09. The number of carbonyl (C=O) groups is 1. The molecule has 0 aliphatic carbocycles. The molecule has 1 aromatic rings. The van der Waals surface area contributed by atoms with E-state index in [-0.39, 0.29) is 18.0 Å². The molecule has 0 fully saturated rings. The highest BCUT2D eigenvalue weighted by Gasteiger charge is 2.30. The van der Waals surface area contributed by atoms with Gasteiger partial charge in [0.15, 0.2) is 0 Å². The van der Waals surface area contributed by atoms with Gasteiger partial charge in [0.2, 0.25) is 5.91 Å². The summed E-state index contributed by atoms with van der Waals surface area (Å²) in [5, 5.41) is 12.0. The third-order valence-electron chi connectivity index (χ3n) is 3.44. The Hall–Kier alpha value is -2.02. The molecule has 2 rings (SSSR count). The van der Waals surface area contributed by atoms with E-state index in [9.17, 15) is 4.79 Å². The highest BCUT2D eigenvalue weighted by atomic mass is 16.2. The van der Waals surface area contributed by atoms with Crippen molar-refractivity contribution in [3.8, 4) is 6.07 Å². The summed E-state index contributed by atoms with van der Waals surface area (Å²) < 4.78 is 0. The first-order valence-electron chi connectivity index (χ1n) is 6.65. The van der Waals surface area contributed by atoms with Gasteiger partial charge in [-0.3, -0.25) is 4.79 Å². The number of nitriles is 1. The van der Waals surface area contributed by atoms with E-state index in [2.05, 4.69) is 11.4 Å². The number of amides is 1. The largest absolute Gasteiger partial charge is 0.373 e. The maximum atomic E-state index is 12.5. The number of rotatable bonds is 4. The number of hydrogen-bond donors (Lipinski definition) is 1. The van der Waals surface area contributed by atoms with Crippen molar-refractivity contribution in [2.75, 3.05) is 11.9 Å². The maximum Gasteiger partial charge on any atom is 0.245 e. The molecule has 4 heteroatoms. The van der Waals surface area contributed by atoms with E-state index >= 15 is 0 Å². The Morgan fingerprint density at radius 3 is 2.89 bits per heavy atom. The molecular formula is C15H19N3O. The van der Waals surface area contributed by atoms with Gasteiger partial charge in [0.05, 0.1) is 12.5 Å². The zero-order chi connectivity index (χ0) is 13.8. The van der Waals surface area contributed by atoms with Crippen LogP contribution in [0.1, 0.15) is 25.8 Å². The number of hydrogen-bond acceptors (Lipinski definition) is 3. The smallest absolute Gasteiger partial charge is 0.245 e. The van der Waals surface area contributed by atoms with Crippen LogP contribution in [0.25, 0.3) is 0 Å². The van der Waals surface area contributed by atoms with Gasteiger partial charge >= 0.3 is 0 Å². The number of para-hydroxylation sites is 1. The van der Waals surface area contributed by atoms with E-state index in [1.807, 2.05) is 38.1 Å². The number of fused-ring (bicyclic) bond motifs is 1. The minimum atomic E-state index is -0.196. The van der Waals surface area contributed by atoms with Gasteiger partial charge in [-0.2, -0.15) is 5.26 Å². The Kier molecular flexibility index (Phi) is 4.06. The molecule has 0 spiro atoms. The van der Waals surface area contributed by atoms with E-state index in [1.165, 1.54) is 5.56 Å². The van der Waals surface area contributed by atoms with Crippen LogP contribution in [0.5, 0.6) is 0 Å². The number of anilines is 1. The third kappa shape index (κ3) is 2.87. The van der Waals surface area contributed by atoms with Gasteiger partial charge in [-0.25, -0.2) is 0 Å². The van der Waals surface area contributed by atoms with Crippen molar-refractivity contribution >= 4 is 11.6 Å². The maximum absolute atomic E-state index is 12.5. The van der Waals surface area contributed by atoms with Crippen LogP contribution in [0.2, 0.25) is 0 Å². The summed E-state index contributed by atoms with van der Waals surface area (Å²) >= 11 is 0. The second-order valence-electron chi connectivity index (χ2n) is 5.09. The van der Waals surface area contributed by atoms with Gasteiger partial charge in [0, 0.05) is 24.7 Å². The minimum absolute atomic E-state index is 0.0847. The highest BCUT2D eigenvalue weighted by Crippen LogP contribution is 2.26. The van der Waals surface area contributed by atoms with Crippen LogP contribution < -0.4 is 5.32 Å². The van der Waals surface area contributed by atoms with E-state index in [0.29, 0.717) is 13.0 Å². The van der Waals surface area contributed by atoms with Crippen molar-refractivity contribution < 1.29 is 4.79 Å². The van der Waals surface area contributed by atoms with Gasteiger partial charge in [-0.1, -0.05) is 18.2 Å². The van der Waals surface area contributed by atoms with Crippen molar-refractivity contribution in [2.24, 2.45) is 0 Å². The Labute approximate surface area is 114 Å². The van der Waals surface area contributed by atoms with Crippen molar-refractivity contribution in [1.82, 2.24) is 4.90 Å². The number of nitrogens with one attached hydrogen (secondary N) is 1. The number of nitrogens with zero attached hydrogens (tertiary/aromatic N) is 2. The van der Waals surface area contributed by atoms with Gasteiger partial charge < -0.3 is 10.2 Å². The Bertz CT molecular complexity index is 479. The first-order chi connectivity index (χ1) is 9.13. The fourth-order valence-electron chi connectivity index (χ4n) is 2.44. The zero-order valence-corrected chi connectivity index (χ0v) is 11.4. The average Bonchev–Trinajstić information content (AvgIpc) is 2.82. The molecule has 0 saturated heterocycles. The van der Waals surface area contributed by atoms with E-state index in [1.54, 1.807) is 4.90 Å². The fourth-order valence-corrected chi connectivity index (χ4v) is 2.44. The summed E-state index contributed by atoms with van der Waals surface area (Å²) in [4.78, 5) is 14.3. The van der Waals surface area contributed by atoms with Crippen LogP contribution >= 0.6 is 0 Å². The molecule has 0 saturated carbocycles. The molecule has 1 unspecified atom stereocenters. The monoisotopic (exact) mass is 257 g/mol. The lowest BCUT2D eigenvalue weighted by Crippen LogP contribution is -2.46. The quantitative estimate of drug-likeness (QED) is 0.899. The van der Waals surface area contributed by atoms with Crippen molar-refractivity contribution in [1.29, 1.82) is 5.26 Å². The topological polar surface area (TPSA) is 56.1 Å². The van der Waals surface area contributed by atoms with Gasteiger partial charge in [0.25, 0.3) is 0 Å². The molecule has 1 aliphatic rings. The van der Waals surface area contributed by atoms with Crippen LogP contribution in [0.15, 0.2) is 24.3 Å². The van der Waals surface area contributed by atoms with Crippen LogP contribution in [0, 0.1) is 11.3 Å². The molecule has 19 heavy (non-hydrogen) atoms. The molecule has 1 heterocycles. The number of carbonyl (C=O) groups excluding carboxylic acids is 1. The van der Waals surface area contributed by atoms with Crippen molar-refractivity contribution in [3.63, 3.8) is 0 Å². The SMILES string of the molecule is CC(C)N(CCC#N)C(=O)C1Cc2ccccc2N1. The van der Waals surface area contributed by atoms with Crippen molar-refractivity contribution in [3.05, 3.63) is 29.8 Å². The summed E-state index contributed by atoms with van der Waals surface area (Å²) in [5.74, 6) is 0.0847. The summed E-state index contributed by atoms with van der Waals surface area (Å²) in [5.41, 5.74) is 2.23. The summed E-state index contributed by atoms with van der Waals surface area (Å²) in [7, 11) is 0. The molecule has 1 aromatic carbocycles. The average molecular weight is 257 g/mol. The van der Waals surface area contributed by atoms with Crippen LogP contribution in [0.4, 0.5) is 5.69 Å². The van der Waals surface area contributed by atoms with Crippen LogP contribution in [-0.2, 0) is 11.2 Å². The standard InChI is InChI=1S/C15H19N3O/c1-11(2)18(9-5-8-16)15(19)14-10-12-6-3-4-7-13(12)17-14/h3-4,6-7,11,14,17H,5,9-10H2,1-2H3. The lowest BCUT2D eigenvalue weighted by Gasteiger charge is -2.28. The number of benzene rings is 1. The summed E-state index contributed by atoms with van der Waals surface area (Å²) in [6.45, 7) is 4.47. The summed E-state index contributed by atoms with van der Waals surface area (Å²) in [6, 6.07) is 10.0. The first kappa shape index (κ1) is 13.4. The Balaban J connectivity index is 2.06. The normalized spacial score (nSPS) is 16.6. The fraction of sp³-hybridized carbons (Fsp3) is 0.467. The molecule has 100 valence electrons. The molecule has 1 atom stereocenters. The first-order valence-corrected chi connectivity index (χ1v) is 6.65. The second kappa shape index (κ2) is 5.75. The van der Waals surface area contributed by atoms with Crippen LogP contribution in [-0.4, -0.2) is 29.4 Å². The molecule has 0 aromatic heterocycles. The summed E-state index contributed by atoms with van der Waals surface area (Å²) in [6.07, 6.45) is 1.11. The molecule has 4 nitrogen and oxygen atoms in total. The molecule has 1 N–H and O–H groups in total. The minimum Gasteiger partial charge on any atom is -0.373 e. The predicted molar refractivity (Wildman–Crippen MR) is 74.6 cm³/mol. The third-order valence-corrected chi connectivity index (χ3v) is 3.44. The Morgan fingerprint density at radius 2 is 2.26 bits per heavy atom. The van der Waals surface area contributed by atoms with Gasteiger partial charge in [0.1, 0.15) is 6.04 Å². The van der Waals surface area contributed by atoms with Gasteiger partial charge in [-0.15, -0.1) is 0 Å². The van der Waals surface area contributed by atoms with Gasteiger partial charge in [-0.05, 0) is 25.5 Å². The molecular weight excluding hydrogens is 238 g/mol. The van der Waals surface area contributed by atoms with Crippen molar-refractivity contribution in [2.45, 2.75) is 38.8 Å². The van der Waals surface area contributed by atoms with E-state index < -0.39 is 0 Å². The lowest BCUT2D eigenvalue weighted by atomic mass is 10.1. The molecule has 0 radical (unpaired) electrons. The molecule has 1 amide bonds. The highest BCUT2D eigenvalue weighted by molar-refractivity contribution is 5.87. The Morgan fingerprint density at radius 1 is 1.53 bits per heavy atom. The lowest BCUT2D eigenvalue weighted by molar-refractivity contribution is -0.133. The van der Waals surface area contributed by atoms with E-state index in [4.69, 9.17) is 5.26 Å². The molecule has 0 bridgehead atoms. The molecule has 1 aliphatic heterocycles. The van der Waals surface area contributed by atoms with E-state index in [0.717, 1.165) is 12.1 Å².